The average molecular weight is 169 g/mol. The molecule has 0 fully saturated rings. The molecule has 0 aliphatic carbocycles. The molecule has 1 aromatic rings. The lowest BCUT2D eigenvalue weighted by Crippen LogP contribution is -2.30. The third-order valence-corrected chi connectivity index (χ3v) is 1.32. The number of aliphatic hydroxyl groups is 1. The van der Waals surface area contributed by atoms with E-state index in [4.69, 9.17) is 5.11 Å². The lowest BCUT2D eigenvalue weighted by atomic mass is 10.3. The van der Waals surface area contributed by atoms with Crippen molar-refractivity contribution >= 4 is 5.91 Å². The second kappa shape index (κ2) is 3.87. The average Bonchev–Trinajstić information content (AvgIpc) is 2.51. The normalized spacial score (nSPS) is 12.5. The standard InChI is InChI=1S/C7H11N3O2/c1-5(11)2-8-7(12)6-3-9-10-4-6/h3-5,11H,2H2,1H3,(H,8,12)(H,9,10)/t5-/m1/s1. The molecule has 1 amide bonds. The lowest BCUT2D eigenvalue weighted by molar-refractivity contribution is 0.0924. The summed E-state index contributed by atoms with van der Waals surface area (Å²) in [7, 11) is 0. The number of aliphatic hydroxyl groups excluding tert-OH is 1. The molecule has 0 unspecified atom stereocenters. The first-order valence-corrected chi connectivity index (χ1v) is 3.65. The minimum absolute atomic E-state index is 0.232. The predicted molar refractivity (Wildman–Crippen MR) is 42.6 cm³/mol. The van der Waals surface area contributed by atoms with Crippen LogP contribution >= 0.6 is 0 Å². The van der Waals surface area contributed by atoms with E-state index in [2.05, 4.69) is 15.5 Å². The van der Waals surface area contributed by atoms with Crippen molar-refractivity contribution in [1.82, 2.24) is 15.5 Å². The molecule has 1 heterocycles. The minimum Gasteiger partial charge on any atom is -0.392 e. The number of nitrogens with zero attached hydrogens (tertiary/aromatic N) is 1. The summed E-state index contributed by atoms with van der Waals surface area (Å²) in [6.07, 6.45) is 2.40. The van der Waals surface area contributed by atoms with Gasteiger partial charge in [-0.15, -0.1) is 0 Å². The first-order chi connectivity index (χ1) is 5.70. The van der Waals surface area contributed by atoms with Crippen LogP contribution in [0.1, 0.15) is 17.3 Å². The van der Waals surface area contributed by atoms with Gasteiger partial charge >= 0.3 is 0 Å². The van der Waals surface area contributed by atoms with Crippen molar-refractivity contribution in [3.8, 4) is 0 Å². The van der Waals surface area contributed by atoms with E-state index in [0.717, 1.165) is 0 Å². The highest BCUT2D eigenvalue weighted by atomic mass is 16.3. The summed E-state index contributed by atoms with van der Waals surface area (Å²) < 4.78 is 0. The van der Waals surface area contributed by atoms with Crippen molar-refractivity contribution in [1.29, 1.82) is 0 Å². The predicted octanol–water partition coefficient (Wildman–Crippen LogP) is -0.480. The van der Waals surface area contributed by atoms with Crippen molar-refractivity contribution in [2.45, 2.75) is 13.0 Å². The molecule has 66 valence electrons. The summed E-state index contributed by atoms with van der Waals surface area (Å²) in [5.74, 6) is -0.232. The van der Waals surface area contributed by atoms with Gasteiger partial charge in [0.25, 0.3) is 5.91 Å². The summed E-state index contributed by atoms with van der Waals surface area (Å²) in [6.45, 7) is 1.86. The number of amides is 1. The molecular formula is C7H11N3O2. The Labute approximate surface area is 69.8 Å². The van der Waals surface area contributed by atoms with Crippen LogP contribution in [0, 0.1) is 0 Å². The molecule has 5 heteroatoms. The Hall–Kier alpha value is -1.36. The maximum absolute atomic E-state index is 11.1. The van der Waals surface area contributed by atoms with Crippen LogP contribution in [0.3, 0.4) is 0 Å². The number of rotatable bonds is 3. The van der Waals surface area contributed by atoms with Gasteiger partial charge in [0.15, 0.2) is 0 Å². The van der Waals surface area contributed by atoms with Crippen molar-refractivity contribution in [3.05, 3.63) is 18.0 Å². The monoisotopic (exact) mass is 169 g/mol. The number of hydrogen-bond donors (Lipinski definition) is 3. The summed E-state index contributed by atoms with van der Waals surface area (Å²) in [5, 5.41) is 17.5. The van der Waals surface area contributed by atoms with Crippen LogP contribution in [0.4, 0.5) is 0 Å². The van der Waals surface area contributed by atoms with Gasteiger partial charge in [-0.2, -0.15) is 5.10 Å². The van der Waals surface area contributed by atoms with Crippen LogP contribution in [0.5, 0.6) is 0 Å². The van der Waals surface area contributed by atoms with Crippen molar-refractivity contribution in [2.24, 2.45) is 0 Å². The fourth-order valence-corrected chi connectivity index (χ4v) is 0.718. The van der Waals surface area contributed by atoms with Gasteiger partial charge in [0.05, 0.1) is 17.9 Å². The van der Waals surface area contributed by atoms with E-state index in [1.807, 2.05) is 0 Å². The number of nitrogens with one attached hydrogen (secondary N) is 2. The smallest absolute Gasteiger partial charge is 0.254 e. The van der Waals surface area contributed by atoms with Gasteiger partial charge in [0, 0.05) is 12.7 Å². The summed E-state index contributed by atoms with van der Waals surface area (Å²) in [5.41, 5.74) is 0.468. The molecule has 0 saturated carbocycles. The molecule has 3 N–H and O–H groups in total. The quantitative estimate of drug-likeness (QED) is 0.572. The van der Waals surface area contributed by atoms with E-state index in [9.17, 15) is 4.79 Å². The summed E-state index contributed by atoms with van der Waals surface area (Å²) in [4.78, 5) is 11.1. The maximum atomic E-state index is 11.1. The van der Waals surface area contributed by atoms with Crippen LogP contribution in [0.25, 0.3) is 0 Å². The summed E-state index contributed by atoms with van der Waals surface area (Å²) in [6, 6.07) is 0. The van der Waals surface area contributed by atoms with Gasteiger partial charge < -0.3 is 10.4 Å². The zero-order valence-corrected chi connectivity index (χ0v) is 6.74. The fraction of sp³-hybridized carbons (Fsp3) is 0.429. The van der Waals surface area contributed by atoms with Crippen molar-refractivity contribution in [3.63, 3.8) is 0 Å². The highest BCUT2D eigenvalue weighted by molar-refractivity contribution is 5.93. The fourth-order valence-electron chi connectivity index (χ4n) is 0.718. The number of aromatic nitrogens is 2. The second-order valence-corrected chi connectivity index (χ2v) is 2.55. The van der Waals surface area contributed by atoms with Crippen molar-refractivity contribution in [2.75, 3.05) is 6.54 Å². The molecule has 1 aromatic heterocycles. The molecule has 0 spiro atoms. The maximum Gasteiger partial charge on any atom is 0.254 e. The third-order valence-electron chi connectivity index (χ3n) is 1.32. The minimum atomic E-state index is -0.527. The Balaban J connectivity index is 2.40. The lowest BCUT2D eigenvalue weighted by Gasteiger charge is -2.04. The van der Waals surface area contributed by atoms with Gasteiger partial charge in [-0.05, 0) is 6.92 Å². The molecule has 5 nitrogen and oxygen atoms in total. The van der Waals surface area contributed by atoms with Gasteiger partial charge in [0.1, 0.15) is 0 Å². The van der Waals surface area contributed by atoms with E-state index in [0.29, 0.717) is 5.56 Å². The number of carbonyl (C=O) groups is 1. The van der Waals surface area contributed by atoms with E-state index in [1.54, 1.807) is 6.92 Å². The molecule has 0 saturated heterocycles. The Morgan fingerprint density at radius 3 is 3.17 bits per heavy atom. The Morgan fingerprint density at radius 2 is 2.67 bits per heavy atom. The summed E-state index contributed by atoms with van der Waals surface area (Å²) >= 11 is 0. The first-order valence-electron chi connectivity index (χ1n) is 3.65. The topological polar surface area (TPSA) is 78.0 Å². The molecule has 0 aliphatic rings. The number of aromatic amines is 1. The molecule has 1 rings (SSSR count). The van der Waals surface area contributed by atoms with E-state index >= 15 is 0 Å². The number of carbonyl (C=O) groups excluding carboxylic acids is 1. The van der Waals surface area contributed by atoms with Crippen LogP contribution in [0.15, 0.2) is 12.4 Å². The van der Waals surface area contributed by atoms with E-state index < -0.39 is 6.10 Å². The van der Waals surface area contributed by atoms with Crippen molar-refractivity contribution < 1.29 is 9.90 Å². The Bertz CT molecular complexity index is 243. The van der Waals surface area contributed by atoms with Gasteiger partial charge in [-0.3, -0.25) is 9.89 Å². The molecule has 0 bridgehead atoms. The van der Waals surface area contributed by atoms with Crippen LogP contribution in [0.2, 0.25) is 0 Å². The number of hydrogen-bond acceptors (Lipinski definition) is 3. The Morgan fingerprint density at radius 1 is 1.92 bits per heavy atom. The van der Waals surface area contributed by atoms with Gasteiger partial charge in [0.2, 0.25) is 0 Å². The third kappa shape index (κ3) is 2.35. The Kier molecular flexibility index (Phi) is 2.82. The number of H-pyrrole nitrogens is 1. The molecule has 1 atom stereocenters. The zero-order chi connectivity index (χ0) is 8.97. The molecule has 0 radical (unpaired) electrons. The highest BCUT2D eigenvalue weighted by Gasteiger charge is 2.05. The zero-order valence-electron chi connectivity index (χ0n) is 6.74. The highest BCUT2D eigenvalue weighted by Crippen LogP contribution is 1.92. The van der Waals surface area contributed by atoms with E-state index in [1.165, 1.54) is 12.4 Å². The van der Waals surface area contributed by atoms with E-state index in [-0.39, 0.29) is 12.5 Å². The van der Waals surface area contributed by atoms with Gasteiger partial charge in [-0.25, -0.2) is 0 Å². The molecule has 0 aromatic carbocycles. The van der Waals surface area contributed by atoms with Crippen LogP contribution < -0.4 is 5.32 Å². The molecular weight excluding hydrogens is 158 g/mol. The van der Waals surface area contributed by atoms with Gasteiger partial charge in [-0.1, -0.05) is 0 Å². The first kappa shape index (κ1) is 8.73. The van der Waals surface area contributed by atoms with Crippen LogP contribution in [-0.2, 0) is 0 Å². The SMILES string of the molecule is C[C@@H](O)CNC(=O)c1cn[nH]c1. The largest absolute Gasteiger partial charge is 0.392 e. The second-order valence-electron chi connectivity index (χ2n) is 2.55. The van der Waals surface area contributed by atoms with Crippen LogP contribution in [-0.4, -0.2) is 33.9 Å². The molecule has 12 heavy (non-hydrogen) atoms. The molecule has 0 aliphatic heterocycles.